The van der Waals surface area contributed by atoms with Gasteiger partial charge in [-0.15, -0.1) is 0 Å². The lowest BCUT2D eigenvalue weighted by Crippen LogP contribution is -2.04. The fraction of sp³-hybridized carbons (Fsp3) is 1.00. The summed E-state index contributed by atoms with van der Waals surface area (Å²) in [5.41, 5.74) is 0. The molecule has 12 heavy (non-hydrogen) atoms. The average molecular weight is 194 g/mol. The second-order valence-electron chi connectivity index (χ2n) is 2.97. The lowest BCUT2D eigenvalue weighted by molar-refractivity contribution is 0.106. The van der Waals surface area contributed by atoms with E-state index in [0.29, 0.717) is 13.2 Å². The van der Waals surface area contributed by atoms with Crippen LogP contribution in [0.25, 0.3) is 0 Å². The summed E-state index contributed by atoms with van der Waals surface area (Å²) < 4.78 is 26.7. The molecule has 1 heterocycles. The number of hydrogen-bond donors (Lipinski definition) is 0. The average Bonchev–Trinajstić information content (AvgIpc) is 2.12. The normalized spacial score (nSPS) is 23.9. The Morgan fingerprint density at radius 2 is 1.75 bits per heavy atom. The summed E-state index contributed by atoms with van der Waals surface area (Å²) in [7, 11) is -3.21. The summed E-state index contributed by atoms with van der Waals surface area (Å²) in [5.74, 6) is 0. The Labute approximate surface area is 72.8 Å². The van der Waals surface area contributed by atoms with Crippen LogP contribution in [0.2, 0.25) is 0 Å². The zero-order valence-corrected chi connectivity index (χ0v) is 8.38. The van der Waals surface area contributed by atoms with Crippen LogP contribution in [0.5, 0.6) is 0 Å². The first-order valence-corrected chi connectivity index (χ1v) is 5.66. The molecule has 0 spiro atoms. The minimum absolute atomic E-state index is 0.131. The van der Waals surface area contributed by atoms with Crippen LogP contribution in [-0.2, 0) is 18.1 Å². The Hall–Kier alpha value is 0.110. The maximum Gasteiger partial charge on any atom is 0.475 e. The Bertz CT molecular complexity index is 168. The van der Waals surface area contributed by atoms with Crippen LogP contribution in [0.1, 0.15) is 26.7 Å². The SMILES string of the molecule is CC(C)OP1(=O)OCCCCO1. The molecule has 1 fully saturated rings. The second-order valence-corrected chi connectivity index (χ2v) is 4.60. The molecule has 5 heteroatoms. The molecule has 0 unspecified atom stereocenters. The molecule has 0 aromatic carbocycles. The highest BCUT2D eigenvalue weighted by atomic mass is 31.2. The van der Waals surface area contributed by atoms with Crippen LogP contribution in [0, 0.1) is 0 Å². The fourth-order valence-corrected chi connectivity index (χ4v) is 2.33. The molecule has 1 aliphatic heterocycles. The predicted molar refractivity (Wildman–Crippen MR) is 45.0 cm³/mol. The van der Waals surface area contributed by atoms with Crippen molar-refractivity contribution < 1.29 is 18.1 Å². The summed E-state index contributed by atoms with van der Waals surface area (Å²) in [4.78, 5) is 0. The van der Waals surface area contributed by atoms with Crippen molar-refractivity contribution in [3.05, 3.63) is 0 Å². The van der Waals surface area contributed by atoms with Gasteiger partial charge in [-0.2, -0.15) is 0 Å². The highest BCUT2D eigenvalue weighted by molar-refractivity contribution is 7.48. The molecule has 4 nitrogen and oxygen atoms in total. The molecule has 0 saturated carbocycles. The molecule has 0 N–H and O–H groups in total. The summed E-state index contributed by atoms with van der Waals surface area (Å²) in [6.07, 6.45) is 1.63. The van der Waals surface area contributed by atoms with E-state index in [9.17, 15) is 4.57 Å². The Morgan fingerprint density at radius 1 is 1.25 bits per heavy atom. The van der Waals surface area contributed by atoms with E-state index in [4.69, 9.17) is 13.6 Å². The van der Waals surface area contributed by atoms with Gasteiger partial charge in [-0.25, -0.2) is 4.57 Å². The van der Waals surface area contributed by atoms with Crippen molar-refractivity contribution in [1.82, 2.24) is 0 Å². The molecular formula is C7H15O4P. The summed E-state index contributed by atoms with van der Waals surface area (Å²) in [5, 5.41) is 0. The molecule has 1 rings (SSSR count). The quantitative estimate of drug-likeness (QED) is 0.633. The maximum atomic E-state index is 11.6. The van der Waals surface area contributed by atoms with Crippen LogP contribution >= 0.6 is 7.82 Å². The molecule has 1 saturated heterocycles. The Kier molecular flexibility index (Phi) is 3.72. The smallest absolute Gasteiger partial charge is 0.287 e. The molecule has 0 radical (unpaired) electrons. The van der Waals surface area contributed by atoms with Gasteiger partial charge in [0.1, 0.15) is 0 Å². The first-order chi connectivity index (χ1) is 5.62. The third-order valence-corrected chi connectivity index (χ3v) is 3.05. The Morgan fingerprint density at radius 3 is 2.17 bits per heavy atom. The minimum Gasteiger partial charge on any atom is -0.287 e. The zero-order chi connectivity index (χ0) is 9.03. The van der Waals surface area contributed by atoms with Gasteiger partial charge in [0.2, 0.25) is 0 Å². The predicted octanol–water partition coefficient (Wildman–Crippen LogP) is 2.35. The van der Waals surface area contributed by atoms with E-state index in [2.05, 4.69) is 0 Å². The third kappa shape index (κ3) is 3.23. The van der Waals surface area contributed by atoms with E-state index in [1.165, 1.54) is 0 Å². The van der Waals surface area contributed by atoms with Gasteiger partial charge in [-0.1, -0.05) is 0 Å². The maximum absolute atomic E-state index is 11.6. The van der Waals surface area contributed by atoms with Gasteiger partial charge in [-0.3, -0.25) is 13.6 Å². The van der Waals surface area contributed by atoms with Crippen LogP contribution in [0.4, 0.5) is 0 Å². The number of phosphoric acid groups is 1. The van der Waals surface area contributed by atoms with Crippen molar-refractivity contribution in [1.29, 1.82) is 0 Å². The van der Waals surface area contributed by atoms with Gasteiger partial charge < -0.3 is 0 Å². The fourth-order valence-electron chi connectivity index (χ4n) is 0.913. The van der Waals surface area contributed by atoms with Crippen LogP contribution in [0.15, 0.2) is 0 Å². The molecule has 0 aromatic heterocycles. The zero-order valence-electron chi connectivity index (χ0n) is 7.49. The molecule has 1 aliphatic rings. The van der Waals surface area contributed by atoms with Crippen LogP contribution in [-0.4, -0.2) is 19.3 Å². The van der Waals surface area contributed by atoms with E-state index in [-0.39, 0.29) is 6.10 Å². The van der Waals surface area contributed by atoms with Gasteiger partial charge in [0, 0.05) is 0 Å². The third-order valence-electron chi connectivity index (χ3n) is 1.38. The number of phosphoric ester groups is 1. The van der Waals surface area contributed by atoms with Crippen molar-refractivity contribution in [3.63, 3.8) is 0 Å². The molecule has 0 atom stereocenters. The first kappa shape index (κ1) is 10.2. The molecule has 72 valence electrons. The molecule has 0 bridgehead atoms. The topological polar surface area (TPSA) is 44.8 Å². The van der Waals surface area contributed by atoms with E-state index in [1.54, 1.807) is 13.8 Å². The van der Waals surface area contributed by atoms with Crippen molar-refractivity contribution in [2.75, 3.05) is 13.2 Å². The molecule has 0 amide bonds. The molecule has 0 aliphatic carbocycles. The number of rotatable bonds is 2. The van der Waals surface area contributed by atoms with E-state index in [1.807, 2.05) is 0 Å². The largest absolute Gasteiger partial charge is 0.475 e. The number of hydrogen-bond acceptors (Lipinski definition) is 4. The van der Waals surface area contributed by atoms with Gasteiger partial charge in [0.15, 0.2) is 0 Å². The van der Waals surface area contributed by atoms with Crippen molar-refractivity contribution >= 4 is 7.82 Å². The van der Waals surface area contributed by atoms with E-state index in [0.717, 1.165) is 12.8 Å². The lowest BCUT2D eigenvalue weighted by atomic mass is 10.3. The van der Waals surface area contributed by atoms with Gasteiger partial charge in [-0.05, 0) is 26.7 Å². The summed E-state index contributed by atoms with van der Waals surface area (Å²) >= 11 is 0. The van der Waals surface area contributed by atoms with Crippen LogP contribution in [0.3, 0.4) is 0 Å². The van der Waals surface area contributed by atoms with Crippen LogP contribution < -0.4 is 0 Å². The van der Waals surface area contributed by atoms with Crippen molar-refractivity contribution in [3.8, 4) is 0 Å². The highest BCUT2D eigenvalue weighted by Crippen LogP contribution is 2.51. The second kappa shape index (κ2) is 4.38. The monoisotopic (exact) mass is 194 g/mol. The van der Waals surface area contributed by atoms with Gasteiger partial charge >= 0.3 is 7.82 Å². The van der Waals surface area contributed by atoms with Crippen molar-refractivity contribution in [2.24, 2.45) is 0 Å². The van der Waals surface area contributed by atoms with E-state index < -0.39 is 7.82 Å². The van der Waals surface area contributed by atoms with E-state index >= 15 is 0 Å². The summed E-state index contributed by atoms with van der Waals surface area (Å²) in [6.45, 7) is 4.53. The van der Waals surface area contributed by atoms with Gasteiger partial charge in [0.05, 0.1) is 19.3 Å². The Balaban J connectivity index is 2.49. The standard InChI is InChI=1S/C7H15O4P/c1-7(2)11-12(8)9-5-3-4-6-10-12/h7H,3-6H2,1-2H3. The van der Waals surface area contributed by atoms with Gasteiger partial charge in [0.25, 0.3) is 0 Å². The molecular weight excluding hydrogens is 179 g/mol. The van der Waals surface area contributed by atoms with Crippen molar-refractivity contribution in [2.45, 2.75) is 32.8 Å². The summed E-state index contributed by atoms with van der Waals surface area (Å²) in [6, 6.07) is 0. The minimum atomic E-state index is -3.21. The lowest BCUT2D eigenvalue weighted by Gasteiger charge is -2.16. The molecule has 0 aromatic rings. The highest BCUT2D eigenvalue weighted by Gasteiger charge is 2.29. The first-order valence-electron chi connectivity index (χ1n) is 4.20.